The summed E-state index contributed by atoms with van der Waals surface area (Å²) in [4.78, 5) is 14.8. The number of hydrogen-bond acceptors (Lipinski definition) is 6. The van der Waals surface area contributed by atoms with Gasteiger partial charge in [0.05, 0.1) is 7.11 Å². The number of aliphatic carboxylic acids is 1. The minimum absolute atomic E-state index is 0.142. The standard InChI is InChI=1S/C11H11N3O5/c1-18-8-4-2-7(3-5-8)10-12-11(13-14(10)17)19-6-9(15)16/h2-5,17H,6H2,1H3,(H,15,16). The first-order chi connectivity index (χ1) is 9.10. The Morgan fingerprint density at radius 2 is 2.05 bits per heavy atom. The van der Waals surface area contributed by atoms with E-state index in [1.54, 1.807) is 31.4 Å². The highest BCUT2D eigenvalue weighted by Gasteiger charge is 2.13. The van der Waals surface area contributed by atoms with Crippen molar-refractivity contribution in [3.8, 4) is 23.1 Å². The molecule has 0 aliphatic carbocycles. The minimum atomic E-state index is -1.15. The van der Waals surface area contributed by atoms with Crippen LogP contribution in [-0.4, -0.2) is 44.9 Å². The third-order valence-corrected chi connectivity index (χ3v) is 2.24. The van der Waals surface area contributed by atoms with Crippen LogP contribution in [0, 0.1) is 0 Å². The average molecular weight is 265 g/mol. The summed E-state index contributed by atoms with van der Waals surface area (Å²) in [6.07, 6.45) is 0. The minimum Gasteiger partial charge on any atom is -0.497 e. The van der Waals surface area contributed by atoms with E-state index in [9.17, 15) is 10.0 Å². The zero-order valence-corrected chi connectivity index (χ0v) is 9.98. The summed E-state index contributed by atoms with van der Waals surface area (Å²) in [6.45, 7) is -0.577. The molecule has 2 aromatic rings. The number of carboxylic acids is 1. The summed E-state index contributed by atoms with van der Waals surface area (Å²) in [5, 5.41) is 21.6. The second-order valence-corrected chi connectivity index (χ2v) is 3.52. The second-order valence-electron chi connectivity index (χ2n) is 3.52. The molecular weight excluding hydrogens is 254 g/mol. The number of methoxy groups -OCH3 is 1. The Morgan fingerprint density at radius 3 is 2.63 bits per heavy atom. The van der Waals surface area contributed by atoms with Crippen LogP contribution in [0.15, 0.2) is 24.3 Å². The van der Waals surface area contributed by atoms with Crippen LogP contribution in [0.1, 0.15) is 0 Å². The molecular formula is C11H11N3O5. The van der Waals surface area contributed by atoms with Gasteiger partial charge in [-0.15, -0.1) is 0 Å². The van der Waals surface area contributed by atoms with E-state index in [2.05, 4.69) is 10.1 Å². The van der Waals surface area contributed by atoms with Gasteiger partial charge in [0, 0.05) is 5.56 Å². The molecule has 8 heteroatoms. The Kier molecular flexibility index (Phi) is 3.51. The van der Waals surface area contributed by atoms with Crippen LogP contribution in [0.4, 0.5) is 0 Å². The number of aromatic nitrogens is 3. The van der Waals surface area contributed by atoms with E-state index in [-0.39, 0.29) is 11.8 Å². The Balaban J connectivity index is 2.21. The molecule has 0 bridgehead atoms. The first-order valence-electron chi connectivity index (χ1n) is 5.25. The van der Waals surface area contributed by atoms with Crippen LogP contribution in [-0.2, 0) is 4.79 Å². The van der Waals surface area contributed by atoms with Crippen LogP contribution in [0.3, 0.4) is 0 Å². The molecule has 2 rings (SSSR count). The van der Waals surface area contributed by atoms with Crippen molar-refractivity contribution in [1.29, 1.82) is 0 Å². The predicted molar refractivity (Wildman–Crippen MR) is 62.3 cm³/mol. The molecule has 0 saturated carbocycles. The summed E-state index contributed by atoms with van der Waals surface area (Å²) in [6, 6.07) is 6.53. The van der Waals surface area contributed by atoms with E-state index in [1.807, 2.05) is 0 Å². The predicted octanol–water partition coefficient (Wildman–Crippen LogP) is 0.654. The van der Waals surface area contributed by atoms with E-state index in [0.29, 0.717) is 16.2 Å². The van der Waals surface area contributed by atoms with Crippen molar-refractivity contribution < 1.29 is 24.6 Å². The highest BCUT2D eigenvalue weighted by atomic mass is 16.5. The Morgan fingerprint density at radius 1 is 1.37 bits per heavy atom. The molecule has 0 amide bonds. The third-order valence-electron chi connectivity index (χ3n) is 2.24. The number of rotatable bonds is 5. The third kappa shape index (κ3) is 2.92. The van der Waals surface area contributed by atoms with Gasteiger partial charge in [-0.05, 0) is 24.3 Å². The largest absolute Gasteiger partial charge is 0.497 e. The maximum Gasteiger partial charge on any atom is 0.341 e. The second kappa shape index (κ2) is 5.25. The van der Waals surface area contributed by atoms with Gasteiger partial charge in [-0.2, -0.15) is 4.98 Å². The first kappa shape index (κ1) is 12.7. The number of carbonyl (C=O) groups is 1. The Labute approximate surface area is 107 Å². The van der Waals surface area contributed by atoms with Crippen molar-refractivity contribution in [1.82, 2.24) is 14.9 Å². The lowest BCUT2D eigenvalue weighted by Gasteiger charge is -2.01. The van der Waals surface area contributed by atoms with Gasteiger partial charge >= 0.3 is 12.0 Å². The van der Waals surface area contributed by atoms with Crippen LogP contribution in [0.2, 0.25) is 0 Å². The van der Waals surface area contributed by atoms with E-state index in [0.717, 1.165) is 0 Å². The normalized spacial score (nSPS) is 10.2. The van der Waals surface area contributed by atoms with Gasteiger partial charge in [-0.3, -0.25) is 0 Å². The molecule has 2 N–H and O–H groups in total. The molecule has 8 nitrogen and oxygen atoms in total. The van der Waals surface area contributed by atoms with Crippen LogP contribution in [0.25, 0.3) is 11.4 Å². The fraction of sp³-hybridized carbons (Fsp3) is 0.182. The molecule has 0 spiro atoms. The van der Waals surface area contributed by atoms with E-state index in [1.165, 1.54) is 0 Å². The van der Waals surface area contributed by atoms with Crippen LogP contribution in [0.5, 0.6) is 11.8 Å². The molecule has 19 heavy (non-hydrogen) atoms. The van der Waals surface area contributed by atoms with E-state index in [4.69, 9.17) is 14.6 Å². The molecule has 100 valence electrons. The zero-order valence-electron chi connectivity index (χ0n) is 9.98. The fourth-order valence-electron chi connectivity index (χ4n) is 1.39. The van der Waals surface area contributed by atoms with Crippen molar-refractivity contribution in [2.24, 2.45) is 0 Å². The molecule has 1 aromatic carbocycles. The van der Waals surface area contributed by atoms with Crippen molar-refractivity contribution in [2.75, 3.05) is 13.7 Å². The van der Waals surface area contributed by atoms with E-state index < -0.39 is 12.6 Å². The van der Waals surface area contributed by atoms with Crippen LogP contribution >= 0.6 is 0 Å². The Bertz CT molecular complexity index is 579. The summed E-state index contributed by atoms with van der Waals surface area (Å²) in [5.41, 5.74) is 0.584. The van der Waals surface area contributed by atoms with Gasteiger partial charge in [-0.25, -0.2) is 4.79 Å². The number of nitrogens with zero attached hydrogens (tertiary/aromatic N) is 3. The number of benzene rings is 1. The number of hydrogen-bond donors (Lipinski definition) is 2. The Hall–Kier alpha value is -2.77. The van der Waals surface area contributed by atoms with Gasteiger partial charge in [0.25, 0.3) is 0 Å². The monoisotopic (exact) mass is 265 g/mol. The van der Waals surface area contributed by atoms with Gasteiger partial charge in [0.15, 0.2) is 6.61 Å². The van der Waals surface area contributed by atoms with Crippen molar-refractivity contribution in [3.05, 3.63) is 24.3 Å². The molecule has 0 atom stereocenters. The maximum atomic E-state index is 10.3. The molecule has 0 saturated heterocycles. The van der Waals surface area contributed by atoms with Crippen LogP contribution < -0.4 is 9.47 Å². The summed E-state index contributed by atoms with van der Waals surface area (Å²) < 4.78 is 9.78. The molecule has 0 aliphatic rings. The van der Waals surface area contributed by atoms with Gasteiger partial charge < -0.3 is 19.8 Å². The quantitative estimate of drug-likeness (QED) is 0.764. The van der Waals surface area contributed by atoms with Crippen molar-refractivity contribution in [2.45, 2.75) is 0 Å². The molecule has 0 unspecified atom stereocenters. The number of ether oxygens (including phenoxy) is 2. The summed E-state index contributed by atoms with van der Waals surface area (Å²) in [5.74, 6) is -0.349. The number of carboxylic acid groups (broad SMARTS) is 1. The topological polar surface area (TPSA) is 107 Å². The van der Waals surface area contributed by atoms with Crippen molar-refractivity contribution >= 4 is 5.97 Å². The smallest absolute Gasteiger partial charge is 0.341 e. The summed E-state index contributed by atoms with van der Waals surface area (Å²) >= 11 is 0. The SMILES string of the molecule is COc1ccc(-c2nc(OCC(=O)O)nn2O)cc1. The fourth-order valence-corrected chi connectivity index (χ4v) is 1.39. The van der Waals surface area contributed by atoms with Gasteiger partial charge in [-0.1, -0.05) is 9.94 Å². The molecule has 0 aliphatic heterocycles. The van der Waals surface area contributed by atoms with E-state index >= 15 is 0 Å². The first-order valence-corrected chi connectivity index (χ1v) is 5.25. The average Bonchev–Trinajstić information content (AvgIpc) is 2.78. The summed E-state index contributed by atoms with van der Waals surface area (Å²) in [7, 11) is 1.54. The maximum absolute atomic E-state index is 10.3. The lowest BCUT2D eigenvalue weighted by molar-refractivity contribution is -0.139. The highest BCUT2D eigenvalue weighted by molar-refractivity contribution is 5.68. The molecule has 1 heterocycles. The highest BCUT2D eigenvalue weighted by Crippen LogP contribution is 2.21. The molecule has 1 aromatic heterocycles. The molecule has 0 fully saturated rings. The molecule has 0 radical (unpaired) electrons. The lowest BCUT2D eigenvalue weighted by Crippen LogP contribution is -2.10. The lowest BCUT2D eigenvalue weighted by atomic mass is 10.2. The zero-order chi connectivity index (χ0) is 13.8. The van der Waals surface area contributed by atoms with Gasteiger partial charge in [0.2, 0.25) is 5.82 Å². The van der Waals surface area contributed by atoms with Gasteiger partial charge in [0.1, 0.15) is 5.75 Å². The van der Waals surface area contributed by atoms with Crippen molar-refractivity contribution in [3.63, 3.8) is 0 Å².